The zero-order valence-electron chi connectivity index (χ0n) is 13.6. The molecule has 1 aliphatic heterocycles. The molecule has 2 aliphatic carbocycles. The molecule has 1 heterocycles. The average Bonchev–Trinajstić information content (AvgIpc) is 2.60. The van der Waals surface area contributed by atoms with Gasteiger partial charge in [-0.3, -0.25) is 0 Å². The first-order valence-electron chi connectivity index (χ1n) is 8.38. The third-order valence-electron chi connectivity index (χ3n) is 6.21. The minimum absolute atomic E-state index is 0.110. The molecule has 0 N–H and O–H groups in total. The molecule has 1 spiro atoms. The van der Waals surface area contributed by atoms with Gasteiger partial charge in [0.1, 0.15) is 0 Å². The van der Waals surface area contributed by atoms with E-state index >= 15 is 0 Å². The molecule has 0 atom stereocenters. The summed E-state index contributed by atoms with van der Waals surface area (Å²) in [4.78, 5) is 0. The van der Waals surface area contributed by atoms with Crippen molar-refractivity contribution in [2.45, 2.75) is 90.3 Å². The Hall–Kier alpha value is -0.275. The molecule has 20 heavy (non-hydrogen) atoms. The lowest BCUT2D eigenvalue weighted by molar-refractivity contribution is 0.00578. The molecule has 0 radical (unpaired) electrons. The van der Waals surface area contributed by atoms with Crippen LogP contribution in [0.25, 0.3) is 0 Å². The maximum atomic E-state index is 6.19. The van der Waals surface area contributed by atoms with E-state index in [9.17, 15) is 0 Å². The molecule has 3 aliphatic rings. The molecule has 1 saturated carbocycles. The number of hydrogen-bond donors (Lipinski definition) is 0. The molecule has 2 nitrogen and oxygen atoms in total. The Balaban J connectivity index is 1.68. The Kier molecular flexibility index (Phi) is 3.57. The van der Waals surface area contributed by atoms with Gasteiger partial charge in [0.15, 0.2) is 0 Å². The van der Waals surface area contributed by atoms with Crippen LogP contribution in [0, 0.1) is 5.41 Å². The van der Waals surface area contributed by atoms with Gasteiger partial charge in [0.2, 0.25) is 0 Å². The van der Waals surface area contributed by atoms with Gasteiger partial charge < -0.3 is 9.31 Å². The van der Waals surface area contributed by atoms with Crippen LogP contribution < -0.4 is 0 Å². The summed E-state index contributed by atoms with van der Waals surface area (Å²) >= 11 is 0. The van der Waals surface area contributed by atoms with E-state index in [1.807, 2.05) is 0 Å². The summed E-state index contributed by atoms with van der Waals surface area (Å²) < 4.78 is 12.4. The smallest absolute Gasteiger partial charge is 0.400 e. The second-order valence-corrected chi connectivity index (χ2v) is 8.13. The van der Waals surface area contributed by atoms with Crippen molar-refractivity contribution in [1.82, 2.24) is 0 Å². The Morgan fingerprint density at radius 3 is 2.00 bits per heavy atom. The maximum absolute atomic E-state index is 6.19. The molecule has 0 aromatic rings. The lowest BCUT2D eigenvalue weighted by Gasteiger charge is -2.40. The lowest BCUT2D eigenvalue weighted by Crippen LogP contribution is -2.41. The van der Waals surface area contributed by atoms with Crippen molar-refractivity contribution >= 4 is 7.12 Å². The normalized spacial score (nSPS) is 31.4. The highest BCUT2D eigenvalue weighted by Crippen LogP contribution is 2.48. The third-order valence-corrected chi connectivity index (χ3v) is 6.21. The van der Waals surface area contributed by atoms with Gasteiger partial charge in [0.25, 0.3) is 0 Å². The summed E-state index contributed by atoms with van der Waals surface area (Å²) in [5.74, 6) is 0. The van der Waals surface area contributed by atoms with E-state index < -0.39 is 0 Å². The zero-order chi connectivity index (χ0) is 14.4. The average molecular weight is 276 g/mol. The van der Waals surface area contributed by atoms with Crippen molar-refractivity contribution in [3.63, 3.8) is 0 Å². The minimum atomic E-state index is -0.210. The molecule has 0 unspecified atom stereocenters. The molecule has 112 valence electrons. The maximum Gasteiger partial charge on any atom is 0.490 e. The van der Waals surface area contributed by atoms with E-state index in [0.717, 1.165) is 6.42 Å². The van der Waals surface area contributed by atoms with Crippen LogP contribution in [0.3, 0.4) is 0 Å². The fraction of sp³-hybridized carbons (Fsp3) is 0.882. The summed E-state index contributed by atoms with van der Waals surface area (Å²) in [5, 5.41) is 0. The van der Waals surface area contributed by atoms with E-state index in [4.69, 9.17) is 9.31 Å². The van der Waals surface area contributed by atoms with Crippen molar-refractivity contribution in [2.24, 2.45) is 5.41 Å². The highest BCUT2D eigenvalue weighted by Gasteiger charge is 2.52. The van der Waals surface area contributed by atoms with E-state index in [1.165, 1.54) is 50.4 Å². The highest BCUT2D eigenvalue weighted by atomic mass is 16.7. The summed E-state index contributed by atoms with van der Waals surface area (Å²) in [6.45, 7) is 8.55. The van der Waals surface area contributed by atoms with Gasteiger partial charge in [-0.1, -0.05) is 25.3 Å². The van der Waals surface area contributed by atoms with Gasteiger partial charge in [-0.15, -0.1) is 0 Å². The SMILES string of the molecule is CC1(C)OB(C2=CCC3(CCCCC3)CC2)OC1(C)C. The van der Waals surface area contributed by atoms with Crippen LogP contribution in [0.2, 0.25) is 0 Å². The van der Waals surface area contributed by atoms with Crippen LogP contribution in [-0.2, 0) is 9.31 Å². The molecule has 3 rings (SSSR count). The van der Waals surface area contributed by atoms with Crippen LogP contribution in [0.1, 0.15) is 79.1 Å². The molecular weight excluding hydrogens is 247 g/mol. The van der Waals surface area contributed by atoms with Crippen molar-refractivity contribution in [1.29, 1.82) is 0 Å². The topological polar surface area (TPSA) is 18.5 Å². The van der Waals surface area contributed by atoms with Crippen LogP contribution in [0.15, 0.2) is 11.5 Å². The second kappa shape index (κ2) is 4.88. The van der Waals surface area contributed by atoms with Gasteiger partial charge in [0.05, 0.1) is 11.2 Å². The van der Waals surface area contributed by atoms with E-state index in [1.54, 1.807) is 0 Å². The number of allylic oxidation sites excluding steroid dienone is 2. The summed E-state index contributed by atoms with van der Waals surface area (Å²) in [6.07, 6.45) is 13.3. The Morgan fingerprint density at radius 2 is 1.50 bits per heavy atom. The van der Waals surface area contributed by atoms with Gasteiger partial charge in [-0.05, 0) is 70.7 Å². The van der Waals surface area contributed by atoms with E-state index in [-0.39, 0.29) is 18.3 Å². The highest BCUT2D eigenvalue weighted by molar-refractivity contribution is 6.54. The first-order chi connectivity index (χ1) is 9.34. The molecule has 2 fully saturated rings. The number of hydrogen-bond acceptors (Lipinski definition) is 2. The molecular formula is C17H29BO2. The Labute approximate surface area is 124 Å². The van der Waals surface area contributed by atoms with E-state index in [2.05, 4.69) is 33.8 Å². The quantitative estimate of drug-likeness (QED) is 0.647. The lowest BCUT2D eigenvalue weighted by atomic mass is 9.61. The number of rotatable bonds is 1. The van der Waals surface area contributed by atoms with Crippen molar-refractivity contribution in [3.8, 4) is 0 Å². The van der Waals surface area contributed by atoms with Crippen LogP contribution in [-0.4, -0.2) is 18.3 Å². The minimum Gasteiger partial charge on any atom is -0.400 e. The van der Waals surface area contributed by atoms with Gasteiger partial charge >= 0.3 is 7.12 Å². The zero-order valence-corrected chi connectivity index (χ0v) is 13.6. The second-order valence-electron chi connectivity index (χ2n) is 8.13. The summed E-state index contributed by atoms with van der Waals surface area (Å²) in [6, 6.07) is 0. The molecule has 1 saturated heterocycles. The first kappa shape index (κ1) is 14.7. The van der Waals surface area contributed by atoms with Crippen LogP contribution in [0.4, 0.5) is 0 Å². The molecule has 0 amide bonds. The Morgan fingerprint density at radius 1 is 0.900 bits per heavy atom. The summed E-state index contributed by atoms with van der Waals surface area (Å²) in [5.41, 5.74) is 1.59. The molecule has 0 aromatic heterocycles. The molecule has 0 bridgehead atoms. The standard InChI is InChI=1S/C17H29BO2/c1-15(2)16(3,4)20-18(19-15)14-8-12-17(13-9-14)10-6-5-7-11-17/h8H,5-7,9-13H2,1-4H3. The fourth-order valence-electron chi connectivity index (χ4n) is 3.93. The first-order valence-corrected chi connectivity index (χ1v) is 8.38. The van der Waals surface area contributed by atoms with Crippen LogP contribution >= 0.6 is 0 Å². The fourth-order valence-corrected chi connectivity index (χ4v) is 3.93. The molecule has 0 aromatic carbocycles. The van der Waals surface area contributed by atoms with Gasteiger partial charge in [-0.25, -0.2) is 0 Å². The van der Waals surface area contributed by atoms with Crippen LogP contribution in [0.5, 0.6) is 0 Å². The van der Waals surface area contributed by atoms with Crippen molar-refractivity contribution in [2.75, 3.05) is 0 Å². The third kappa shape index (κ3) is 2.48. The monoisotopic (exact) mass is 276 g/mol. The summed E-state index contributed by atoms with van der Waals surface area (Å²) in [7, 11) is -0.110. The predicted molar refractivity (Wildman–Crippen MR) is 83.5 cm³/mol. The van der Waals surface area contributed by atoms with Crippen molar-refractivity contribution < 1.29 is 9.31 Å². The largest absolute Gasteiger partial charge is 0.490 e. The Bertz CT molecular complexity index is 389. The van der Waals surface area contributed by atoms with Gasteiger partial charge in [-0.2, -0.15) is 0 Å². The van der Waals surface area contributed by atoms with Gasteiger partial charge in [0, 0.05) is 0 Å². The van der Waals surface area contributed by atoms with Crippen molar-refractivity contribution in [3.05, 3.63) is 11.5 Å². The molecule has 3 heteroatoms. The van der Waals surface area contributed by atoms with E-state index in [0.29, 0.717) is 5.41 Å². The predicted octanol–water partition coefficient (Wildman–Crippen LogP) is 4.68.